The highest BCUT2D eigenvalue weighted by Crippen LogP contribution is 2.59. The number of halogens is 2. The Morgan fingerprint density at radius 2 is 1.78 bits per heavy atom. The van der Waals surface area contributed by atoms with Crippen LogP contribution in [0.4, 0.5) is 8.78 Å². The predicted molar refractivity (Wildman–Crippen MR) is 174 cm³/mol. The van der Waals surface area contributed by atoms with E-state index in [1.807, 2.05) is 30.3 Å². The predicted octanol–water partition coefficient (Wildman–Crippen LogP) is 3.95. The first kappa shape index (κ1) is 34.6. The molecule has 0 radical (unpaired) electrons. The summed E-state index contributed by atoms with van der Waals surface area (Å²) in [6.07, 6.45) is 1.82. The van der Waals surface area contributed by atoms with Crippen LogP contribution >= 0.6 is 18.9 Å². The second-order valence-electron chi connectivity index (χ2n) is 12.6. The summed E-state index contributed by atoms with van der Waals surface area (Å²) in [6, 6.07) is 13.0. The molecule has 5 atom stereocenters. The van der Waals surface area contributed by atoms with Gasteiger partial charge in [-0.2, -0.15) is 14.0 Å². The number of amides is 4. The van der Waals surface area contributed by atoms with E-state index in [0.717, 1.165) is 29.0 Å². The molecule has 3 N–H and O–H groups in total. The normalized spacial score (nSPS) is 24.7. The molecule has 6 rings (SSSR count). The summed E-state index contributed by atoms with van der Waals surface area (Å²) in [6.45, 7) is 1.86. The number of alkyl halides is 2. The number of fused-ring (bicyclic) bond motifs is 2. The first-order valence-electron chi connectivity index (χ1n) is 15.8. The third-order valence-corrected chi connectivity index (χ3v) is 11.8. The smallest absolute Gasteiger partial charge is 0.340 e. The van der Waals surface area contributed by atoms with E-state index < -0.39 is 54.7 Å². The molecule has 3 unspecified atom stereocenters. The first-order chi connectivity index (χ1) is 23.2. The largest absolute Gasteiger partial charge is 0.399 e. The number of nitrogens with one attached hydrogen (secondary N) is 1. The quantitative estimate of drug-likeness (QED) is 0.323. The number of thiophene rings is 1. The van der Waals surface area contributed by atoms with Gasteiger partial charge in [-0.25, -0.2) is 0 Å². The third kappa shape index (κ3) is 6.46. The summed E-state index contributed by atoms with van der Waals surface area (Å²) >= 11 is 0.937. The zero-order chi connectivity index (χ0) is 35.2. The van der Waals surface area contributed by atoms with Gasteiger partial charge in [0.25, 0.3) is 5.91 Å². The lowest BCUT2D eigenvalue weighted by atomic mass is 9.94. The highest BCUT2D eigenvalue weighted by Gasteiger charge is 2.51. The van der Waals surface area contributed by atoms with Crippen LogP contribution in [0, 0.1) is 17.2 Å². The van der Waals surface area contributed by atoms with E-state index in [2.05, 4.69) is 11.4 Å². The number of nitriles is 1. The summed E-state index contributed by atoms with van der Waals surface area (Å²) in [5.41, 5.74) is -4.51. The van der Waals surface area contributed by atoms with Crippen molar-refractivity contribution in [3.63, 3.8) is 0 Å². The van der Waals surface area contributed by atoms with E-state index in [-0.39, 0.29) is 34.7 Å². The van der Waals surface area contributed by atoms with Crippen molar-refractivity contribution in [1.29, 1.82) is 5.26 Å². The Kier molecular flexibility index (Phi) is 9.36. The number of nitrogens with zero attached hydrogens (tertiary/aromatic N) is 4. The lowest BCUT2D eigenvalue weighted by Crippen LogP contribution is -2.61. The van der Waals surface area contributed by atoms with Gasteiger partial charge < -0.3 is 29.8 Å². The van der Waals surface area contributed by atoms with Crippen molar-refractivity contribution in [3.8, 4) is 6.07 Å². The maximum absolute atomic E-state index is 14.4. The fourth-order valence-corrected chi connectivity index (χ4v) is 8.60. The van der Waals surface area contributed by atoms with Gasteiger partial charge in [0.15, 0.2) is 0 Å². The second kappa shape index (κ2) is 13.2. The van der Waals surface area contributed by atoms with E-state index in [1.54, 1.807) is 4.90 Å². The molecule has 0 aliphatic carbocycles. The van der Waals surface area contributed by atoms with E-state index in [1.165, 1.54) is 28.9 Å². The van der Waals surface area contributed by atoms with Gasteiger partial charge in [-0.1, -0.05) is 36.4 Å². The van der Waals surface area contributed by atoms with Crippen LogP contribution in [0.25, 0.3) is 10.1 Å². The zero-order valence-corrected chi connectivity index (χ0v) is 28.1. The molecule has 2 aromatic carbocycles. The molecule has 3 aromatic rings. The van der Waals surface area contributed by atoms with Crippen LogP contribution in [0.1, 0.15) is 59.4 Å². The van der Waals surface area contributed by atoms with Gasteiger partial charge in [-0.3, -0.25) is 23.7 Å². The number of rotatable bonds is 6. The van der Waals surface area contributed by atoms with Crippen LogP contribution in [0.2, 0.25) is 0 Å². The lowest BCUT2D eigenvalue weighted by Gasteiger charge is -2.39. The topological polar surface area (TPSA) is 171 Å². The van der Waals surface area contributed by atoms with Crippen molar-refractivity contribution < 1.29 is 42.3 Å². The number of carbonyl (C=O) groups excluding carboxylic acids is 4. The molecule has 16 heteroatoms. The summed E-state index contributed by atoms with van der Waals surface area (Å²) in [4.78, 5) is 77.7. The molecule has 258 valence electrons. The highest BCUT2D eigenvalue weighted by atomic mass is 32.1. The monoisotopic (exact) mass is 713 g/mol. The molecule has 12 nitrogen and oxygen atoms in total. The Labute approximate surface area is 284 Å². The average molecular weight is 714 g/mol. The SMILES string of the molecule is CC(=O)N1CC[C@H]2CC[C@@H](C(=O)N3CCC(C#N)C3c3ccccc3)N2C(=O)C(NC(=O)c2cc3cc(C(F)(F)P(=O)(O)O)ccc3s2)C1. The van der Waals surface area contributed by atoms with Crippen LogP contribution in [0.15, 0.2) is 54.6 Å². The van der Waals surface area contributed by atoms with Crippen LogP contribution in [-0.2, 0) is 24.6 Å². The molecule has 3 aliphatic rings. The maximum Gasteiger partial charge on any atom is 0.399 e. The van der Waals surface area contributed by atoms with Gasteiger partial charge in [-0.05, 0) is 54.8 Å². The molecule has 3 aliphatic heterocycles. The Hall–Kier alpha value is -4.22. The first-order valence-corrected chi connectivity index (χ1v) is 18.2. The van der Waals surface area contributed by atoms with E-state index in [0.29, 0.717) is 43.5 Å². The second-order valence-corrected chi connectivity index (χ2v) is 15.4. The molecule has 3 saturated heterocycles. The number of hydrogen-bond donors (Lipinski definition) is 3. The van der Waals surface area contributed by atoms with Crippen LogP contribution in [0.3, 0.4) is 0 Å². The third-order valence-electron chi connectivity index (χ3n) is 9.67. The lowest BCUT2D eigenvalue weighted by molar-refractivity contribution is -0.149. The molecule has 49 heavy (non-hydrogen) atoms. The number of hydrogen-bond acceptors (Lipinski definition) is 7. The Balaban J connectivity index is 1.27. The molecule has 4 heterocycles. The van der Waals surface area contributed by atoms with Gasteiger partial charge in [0.2, 0.25) is 17.7 Å². The molecular formula is C33H34F2N5O7PS. The van der Waals surface area contributed by atoms with Crippen LogP contribution < -0.4 is 5.32 Å². The van der Waals surface area contributed by atoms with Crippen molar-refractivity contribution in [2.24, 2.45) is 5.92 Å². The number of benzene rings is 2. The molecule has 0 saturated carbocycles. The molecule has 3 fully saturated rings. The minimum Gasteiger partial charge on any atom is -0.340 e. The van der Waals surface area contributed by atoms with E-state index >= 15 is 0 Å². The molecule has 0 spiro atoms. The van der Waals surface area contributed by atoms with Gasteiger partial charge in [0.05, 0.1) is 22.9 Å². The van der Waals surface area contributed by atoms with E-state index in [9.17, 15) is 37.8 Å². The molecule has 0 bridgehead atoms. The molecule has 1 aromatic heterocycles. The summed E-state index contributed by atoms with van der Waals surface area (Å²) in [5.74, 6) is -2.23. The van der Waals surface area contributed by atoms with Gasteiger partial charge in [0, 0.05) is 42.9 Å². The van der Waals surface area contributed by atoms with Crippen molar-refractivity contribution >= 4 is 52.6 Å². The van der Waals surface area contributed by atoms with Crippen molar-refractivity contribution in [2.45, 2.75) is 62.4 Å². The fraction of sp³-hybridized carbons (Fsp3) is 0.424. The summed E-state index contributed by atoms with van der Waals surface area (Å²) in [7, 11) is -5.81. The average Bonchev–Trinajstić information content (AvgIpc) is 3.80. The van der Waals surface area contributed by atoms with Crippen molar-refractivity contribution in [2.75, 3.05) is 19.6 Å². The minimum absolute atomic E-state index is 0.0480. The van der Waals surface area contributed by atoms with E-state index in [4.69, 9.17) is 9.79 Å². The minimum atomic E-state index is -5.81. The van der Waals surface area contributed by atoms with Crippen molar-refractivity contribution in [1.82, 2.24) is 20.0 Å². The van der Waals surface area contributed by atoms with Crippen LogP contribution in [-0.4, -0.2) is 85.9 Å². The number of likely N-dealkylation sites (tertiary alicyclic amines) is 1. The summed E-state index contributed by atoms with van der Waals surface area (Å²) in [5, 5.41) is 12.7. The molecular weight excluding hydrogens is 679 g/mol. The Morgan fingerprint density at radius 1 is 1.04 bits per heavy atom. The van der Waals surface area contributed by atoms with Crippen molar-refractivity contribution in [3.05, 3.63) is 70.6 Å². The van der Waals surface area contributed by atoms with Gasteiger partial charge in [0.1, 0.15) is 12.1 Å². The zero-order valence-electron chi connectivity index (χ0n) is 26.4. The number of carbonyl (C=O) groups is 4. The maximum atomic E-state index is 14.4. The summed E-state index contributed by atoms with van der Waals surface area (Å²) < 4.78 is 40.5. The highest BCUT2D eigenvalue weighted by molar-refractivity contribution is 7.52. The Morgan fingerprint density at radius 3 is 2.45 bits per heavy atom. The van der Waals surface area contributed by atoms with Gasteiger partial charge >= 0.3 is 13.3 Å². The Bertz CT molecular complexity index is 1900. The van der Waals surface area contributed by atoms with Crippen LogP contribution in [0.5, 0.6) is 0 Å². The molecule has 4 amide bonds. The van der Waals surface area contributed by atoms with Gasteiger partial charge in [-0.15, -0.1) is 11.3 Å². The standard InChI is InChI=1S/C33H34F2N5O7PS/c1-19(41)38-13-12-24-8-9-26(32(44)39-14-11-21(17-36)29(39)20-5-3-2-4-6-20)40(24)31(43)25(18-38)37-30(42)28-16-22-15-23(7-10-27(22)49-28)33(34,35)48(45,46)47/h2-7,10,15-16,21,24-26,29H,8-9,11-14,18H2,1H3,(H,37,42)(H2,45,46,47)/t21?,24-,25?,26+,29?/m1/s1. The fourth-order valence-electron chi connectivity index (χ4n) is 7.18.